The molecule has 0 spiro atoms. The number of hydrogen-bond donors (Lipinski definition) is 1. The van der Waals surface area contributed by atoms with Crippen molar-refractivity contribution in [1.29, 1.82) is 0 Å². The molecule has 1 aliphatic rings. The van der Waals surface area contributed by atoms with Crippen LogP contribution in [0.5, 0.6) is 0 Å². The Hall–Kier alpha value is -1.89. The molecule has 0 aliphatic carbocycles. The molecule has 0 amide bonds. The van der Waals surface area contributed by atoms with Crippen LogP contribution in [0.2, 0.25) is 0 Å². The van der Waals surface area contributed by atoms with Crippen LogP contribution in [0.25, 0.3) is 11.0 Å². The molecule has 20 heavy (non-hydrogen) atoms. The number of ether oxygens (including phenoxy) is 1. The Morgan fingerprint density at radius 1 is 1.30 bits per heavy atom. The first-order valence-corrected chi connectivity index (χ1v) is 6.92. The van der Waals surface area contributed by atoms with E-state index in [0.29, 0.717) is 17.9 Å². The number of anilines is 2. The fourth-order valence-electron chi connectivity index (χ4n) is 2.67. The van der Waals surface area contributed by atoms with E-state index in [1.807, 2.05) is 7.05 Å². The van der Waals surface area contributed by atoms with E-state index in [9.17, 15) is 0 Å². The lowest BCUT2D eigenvalue weighted by Gasteiger charge is -2.20. The van der Waals surface area contributed by atoms with Crippen LogP contribution in [0, 0.1) is 0 Å². The summed E-state index contributed by atoms with van der Waals surface area (Å²) in [6.07, 6.45) is 5.18. The largest absolute Gasteiger partial charge is 0.383 e. The third kappa shape index (κ3) is 2.29. The number of nitrogens with zero attached hydrogens (tertiary/aromatic N) is 5. The molecule has 3 heterocycles. The van der Waals surface area contributed by atoms with Crippen molar-refractivity contribution in [3.63, 3.8) is 0 Å². The first-order chi connectivity index (χ1) is 9.69. The Kier molecular flexibility index (Phi) is 3.43. The fraction of sp³-hybridized carbons (Fsp3) is 0.615. The van der Waals surface area contributed by atoms with Gasteiger partial charge in [0.2, 0.25) is 5.95 Å². The average molecular weight is 276 g/mol. The Morgan fingerprint density at radius 3 is 2.95 bits per heavy atom. The molecular weight excluding hydrogens is 256 g/mol. The molecule has 1 atom stereocenters. The van der Waals surface area contributed by atoms with E-state index < -0.39 is 0 Å². The second-order valence-electron chi connectivity index (χ2n) is 5.19. The van der Waals surface area contributed by atoms with Crippen LogP contribution >= 0.6 is 0 Å². The monoisotopic (exact) mass is 276 g/mol. The summed E-state index contributed by atoms with van der Waals surface area (Å²) >= 11 is 0. The molecule has 2 aromatic heterocycles. The summed E-state index contributed by atoms with van der Waals surface area (Å²) in [6, 6.07) is 0. The van der Waals surface area contributed by atoms with Crippen LogP contribution in [0.3, 0.4) is 0 Å². The van der Waals surface area contributed by atoms with Gasteiger partial charge in [0.25, 0.3) is 0 Å². The number of aromatic nitrogens is 4. The molecular formula is C13H20N6O. The zero-order valence-electron chi connectivity index (χ0n) is 11.9. The Morgan fingerprint density at radius 2 is 2.15 bits per heavy atom. The summed E-state index contributed by atoms with van der Waals surface area (Å²) in [5, 5.41) is 4.99. The number of rotatable bonds is 2. The maximum absolute atomic E-state index is 6.01. The SMILES string of the molecule is COC1CCCN(c2nc(N)c3cnn(C)c3n2)CC1. The van der Waals surface area contributed by atoms with Gasteiger partial charge in [-0.15, -0.1) is 0 Å². The highest BCUT2D eigenvalue weighted by Crippen LogP contribution is 2.23. The Labute approximate surface area is 117 Å². The van der Waals surface area contributed by atoms with Crippen LogP contribution in [0.4, 0.5) is 11.8 Å². The lowest BCUT2D eigenvalue weighted by Crippen LogP contribution is -2.27. The molecule has 2 aromatic rings. The molecule has 1 fully saturated rings. The smallest absolute Gasteiger partial charge is 0.229 e. The third-order valence-electron chi connectivity index (χ3n) is 3.90. The Balaban J connectivity index is 1.91. The predicted molar refractivity (Wildman–Crippen MR) is 77.6 cm³/mol. The number of nitrogen functional groups attached to an aromatic ring is 1. The molecule has 3 rings (SSSR count). The zero-order chi connectivity index (χ0) is 14.1. The van der Waals surface area contributed by atoms with Crippen molar-refractivity contribution in [2.75, 3.05) is 30.8 Å². The molecule has 7 nitrogen and oxygen atoms in total. The van der Waals surface area contributed by atoms with Gasteiger partial charge in [-0.25, -0.2) is 0 Å². The van der Waals surface area contributed by atoms with E-state index in [2.05, 4.69) is 20.0 Å². The van der Waals surface area contributed by atoms with Gasteiger partial charge in [-0.1, -0.05) is 0 Å². The van der Waals surface area contributed by atoms with Crippen molar-refractivity contribution < 1.29 is 4.74 Å². The normalized spacial score (nSPS) is 20.3. The van der Waals surface area contributed by atoms with E-state index in [1.165, 1.54) is 0 Å². The molecule has 1 aliphatic heterocycles. The molecule has 108 valence electrons. The number of fused-ring (bicyclic) bond motifs is 1. The van der Waals surface area contributed by atoms with Crippen molar-refractivity contribution in [3.05, 3.63) is 6.20 Å². The van der Waals surface area contributed by atoms with Crippen molar-refractivity contribution in [2.45, 2.75) is 25.4 Å². The summed E-state index contributed by atoms with van der Waals surface area (Å²) in [6.45, 7) is 1.82. The van der Waals surface area contributed by atoms with Gasteiger partial charge in [0.05, 0.1) is 17.7 Å². The van der Waals surface area contributed by atoms with E-state index in [1.54, 1.807) is 18.0 Å². The minimum absolute atomic E-state index is 0.331. The summed E-state index contributed by atoms with van der Waals surface area (Å²) in [4.78, 5) is 11.2. The van der Waals surface area contributed by atoms with E-state index >= 15 is 0 Å². The van der Waals surface area contributed by atoms with Crippen molar-refractivity contribution in [1.82, 2.24) is 19.7 Å². The molecule has 0 bridgehead atoms. The number of methoxy groups -OCH3 is 1. The van der Waals surface area contributed by atoms with Crippen molar-refractivity contribution >= 4 is 22.8 Å². The maximum Gasteiger partial charge on any atom is 0.229 e. The molecule has 2 N–H and O–H groups in total. The second kappa shape index (κ2) is 5.24. The Bertz CT molecular complexity index is 610. The molecule has 0 radical (unpaired) electrons. The maximum atomic E-state index is 6.01. The van der Waals surface area contributed by atoms with Crippen LogP contribution in [-0.2, 0) is 11.8 Å². The zero-order valence-corrected chi connectivity index (χ0v) is 11.9. The minimum Gasteiger partial charge on any atom is -0.383 e. The fourth-order valence-corrected chi connectivity index (χ4v) is 2.67. The van der Waals surface area contributed by atoms with Crippen molar-refractivity contribution in [2.24, 2.45) is 7.05 Å². The summed E-state index contributed by atoms with van der Waals surface area (Å²) in [5.41, 5.74) is 6.79. The second-order valence-corrected chi connectivity index (χ2v) is 5.19. The van der Waals surface area contributed by atoms with E-state index in [4.69, 9.17) is 10.5 Å². The lowest BCUT2D eigenvalue weighted by atomic mass is 10.2. The highest BCUT2D eigenvalue weighted by molar-refractivity contribution is 5.86. The van der Waals surface area contributed by atoms with Crippen LogP contribution in [-0.4, -0.2) is 46.1 Å². The van der Waals surface area contributed by atoms with Gasteiger partial charge in [0, 0.05) is 27.2 Å². The molecule has 1 unspecified atom stereocenters. The minimum atomic E-state index is 0.331. The van der Waals surface area contributed by atoms with Crippen molar-refractivity contribution in [3.8, 4) is 0 Å². The van der Waals surface area contributed by atoms with Gasteiger partial charge < -0.3 is 15.4 Å². The van der Waals surface area contributed by atoms with Gasteiger partial charge in [0.1, 0.15) is 5.82 Å². The topological polar surface area (TPSA) is 82.1 Å². The third-order valence-corrected chi connectivity index (χ3v) is 3.90. The van der Waals surface area contributed by atoms with Gasteiger partial charge in [0.15, 0.2) is 5.65 Å². The van der Waals surface area contributed by atoms with Gasteiger partial charge >= 0.3 is 0 Å². The molecule has 0 aromatic carbocycles. The highest BCUT2D eigenvalue weighted by Gasteiger charge is 2.20. The molecule has 1 saturated heterocycles. The van der Waals surface area contributed by atoms with E-state index in [0.717, 1.165) is 43.4 Å². The first-order valence-electron chi connectivity index (χ1n) is 6.92. The number of hydrogen-bond acceptors (Lipinski definition) is 6. The van der Waals surface area contributed by atoms with Crippen LogP contribution in [0.15, 0.2) is 6.20 Å². The predicted octanol–water partition coefficient (Wildman–Crippen LogP) is 0.951. The molecule has 0 saturated carbocycles. The standard InChI is InChI=1S/C13H20N6O/c1-18-12-10(8-15-18)11(14)16-13(17-12)19-6-3-4-9(20-2)5-7-19/h8-9H,3-7H2,1-2H3,(H2,14,16,17). The number of aryl methyl sites for hydroxylation is 1. The summed E-state index contributed by atoms with van der Waals surface area (Å²) < 4.78 is 7.18. The van der Waals surface area contributed by atoms with Gasteiger partial charge in [-0.05, 0) is 19.3 Å². The first kappa shape index (κ1) is 13.1. The summed E-state index contributed by atoms with van der Waals surface area (Å²) in [5.74, 6) is 1.18. The summed E-state index contributed by atoms with van der Waals surface area (Å²) in [7, 11) is 3.64. The quantitative estimate of drug-likeness (QED) is 0.879. The van der Waals surface area contributed by atoms with Gasteiger partial charge in [-0.2, -0.15) is 15.1 Å². The van der Waals surface area contributed by atoms with Crippen LogP contribution < -0.4 is 10.6 Å². The lowest BCUT2D eigenvalue weighted by molar-refractivity contribution is 0.0931. The number of nitrogens with two attached hydrogens (primary N) is 1. The van der Waals surface area contributed by atoms with Crippen LogP contribution in [0.1, 0.15) is 19.3 Å². The highest BCUT2D eigenvalue weighted by atomic mass is 16.5. The average Bonchev–Trinajstić information content (AvgIpc) is 2.69. The molecule has 7 heteroatoms. The van der Waals surface area contributed by atoms with E-state index in [-0.39, 0.29) is 0 Å². The van der Waals surface area contributed by atoms with Gasteiger partial charge in [-0.3, -0.25) is 4.68 Å².